The van der Waals surface area contributed by atoms with Crippen molar-refractivity contribution in [1.82, 2.24) is 5.32 Å². The van der Waals surface area contributed by atoms with E-state index in [1.165, 1.54) is 17.7 Å². The highest BCUT2D eigenvalue weighted by Gasteiger charge is 2.24. The Labute approximate surface area is 110 Å². The maximum atomic E-state index is 5.13. The largest absolute Gasteiger partial charge is 0.383 e. The minimum absolute atomic E-state index is 0.420. The third-order valence-corrected chi connectivity index (χ3v) is 3.61. The fourth-order valence-electron chi connectivity index (χ4n) is 2.71. The Morgan fingerprint density at radius 3 is 3.00 bits per heavy atom. The first kappa shape index (κ1) is 13.4. The van der Waals surface area contributed by atoms with Crippen LogP contribution in [0, 0.1) is 0 Å². The molecule has 0 aromatic heterocycles. The third kappa shape index (κ3) is 3.03. The SMILES string of the molecule is COCC(C)NCCN1c2ccccc2CC1C. The van der Waals surface area contributed by atoms with E-state index in [9.17, 15) is 0 Å². The standard InChI is InChI=1S/C15H24N2O/c1-12(11-18-3)16-8-9-17-13(2)10-14-6-4-5-7-15(14)17/h4-7,12-13,16H,8-11H2,1-3H3. The Balaban J connectivity index is 1.86. The normalized spacial score (nSPS) is 19.9. The Morgan fingerprint density at radius 1 is 1.44 bits per heavy atom. The summed E-state index contributed by atoms with van der Waals surface area (Å²) >= 11 is 0. The maximum absolute atomic E-state index is 5.13. The highest BCUT2D eigenvalue weighted by molar-refractivity contribution is 5.59. The molecule has 0 aliphatic carbocycles. The fraction of sp³-hybridized carbons (Fsp3) is 0.600. The van der Waals surface area contributed by atoms with E-state index in [1.807, 2.05) is 0 Å². The van der Waals surface area contributed by atoms with E-state index in [2.05, 4.69) is 48.3 Å². The number of nitrogens with one attached hydrogen (secondary N) is 1. The predicted molar refractivity (Wildman–Crippen MR) is 76.3 cm³/mol. The van der Waals surface area contributed by atoms with Gasteiger partial charge in [-0.1, -0.05) is 18.2 Å². The van der Waals surface area contributed by atoms with E-state index in [0.717, 1.165) is 19.7 Å². The molecule has 0 radical (unpaired) electrons. The molecule has 0 bridgehead atoms. The van der Waals surface area contributed by atoms with Crippen LogP contribution in [0.5, 0.6) is 0 Å². The number of fused-ring (bicyclic) bond motifs is 1. The van der Waals surface area contributed by atoms with Crippen LogP contribution >= 0.6 is 0 Å². The number of hydrogen-bond donors (Lipinski definition) is 1. The number of benzene rings is 1. The van der Waals surface area contributed by atoms with E-state index in [4.69, 9.17) is 4.74 Å². The minimum Gasteiger partial charge on any atom is -0.383 e. The van der Waals surface area contributed by atoms with Crippen LogP contribution < -0.4 is 10.2 Å². The lowest BCUT2D eigenvalue weighted by Gasteiger charge is -2.26. The number of para-hydroxylation sites is 1. The van der Waals surface area contributed by atoms with Gasteiger partial charge in [-0.05, 0) is 31.9 Å². The molecular formula is C15H24N2O. The highest BCUT2D eigenvalue weighted by Crippen LogP contribution is 2.31. The van der Waals surface area contributed by atoms with Crippen molar-refractivity contribution in [2.45, 2.75) is 32.4 Å². The zero-order valence-corrected chi connectivity index (χ0v) is 11.6. The molecule has 3 nitrogen and oxygen atoms in total. The number of anilines is 1. The lowest BCUT2D eigenvalue weighted by molar-refractivity contribution is 0.172. The first-order valence-electron chi connectivity index (χ1n) is 6.79. The van der Waals surface area contributed by atoms with Gasteiger partial charge in [0.15, 0.2) is 0 Å². The van der Waals surface area contributed by atoms with E-state index < -0.39 is 0 Å². The van der Waals surface area contributed by atoms with Gasteiger partial charge >= 0.3 is 0 Å². The van der Waals surface area contributed by atoms with Gasteiger partial charge in [0.2, 0.25) is 0 Å². The number of nitrogens with zero attached hydrogens (tertiary/aromatic N) is 1. The van der Waals surface area contributed by atoms with Crippen LogP contribution in [0.1, 0.15) is 19.4 Å². The van der Waals surface area contributed by atoms with Crippen molar-refractivity contribution < 1.29 is 4.74 Å². The summed E-state index contributed by atoms with van der Waals surface area (Å²) < 4.78 is 5.13. The van der Waals surface area contributed by atoms with Crippen molar-refractivity contribution >= 4 is 5.69 Å². The van der Waals surface area contributed by atoms with Crippen LogP contribution in [0.3, 0.4) is 0 Å². The Morgan fingerprint density at radius 2 is 2.22 bits per heavy atom. The molecule has 0 amide bonds. The van der Waals surface area contributed by atoms with Gasteiger partial charge in [-0.15, -0.1) is 0 Å². The molecule has 0 spiro atoms. The first-order chi connectivity index (χ1) is 8.72. The summed E-state index contributed by atoms with van der Waals surface area (Å²) in [5.41, 5.74) is 2.89. The van der Waals surface area contributed by atoms with Crippen molar-refractivity contribution in [2.75, 3.05) is 31.7 Å². The molecule has 0 saturated heterocycles. The topological polar surface area (TPSA) is 24.5 Å². The molecular weight excluding hydrogens is 224 g/mol. The summed E-state index contributed by atoms with van der Waals surface area (Å²) in [6.45, 7) is 7.30. The fourth-order valence-corrected chi connectivity index (χ4v) is 2.71. The van der Waals surface area contributed by atoms with Crippen LogP contribution in [-0.4, -0.2) is 38.9 Å². The van der Waals surface area contributed by atoms with Crippen LogP contribution in [0.15, 0.2) is 24.3 Å². The smallest absolute Gasteiger partial charge is 0.0613 e. The van der Waals surface area contributed by atoms with Crippen LogP contribution in [0.2, 0.25) is 0 Å². The highest BCUT2D eigenvalue weighted by atomic mass is 16.5. The summed E-state index contributed by atoms with van der Waals surface area (Å²) in [5.74, 6) is 0. The molecule has 1 heterocycles. The second-order valence-corrected chi connectivity index (χ2v) is 5.19. The average Bonchev–Trinajstić information content (AvgIpc) is 2.66. The van der Waals surface area contributed by atoms with Gasteiger partial charge in [-0.3, -0.25) is 0 Å². The van der Waals surface area contributed by atoms with Gasteiger partial charge < -0.3 is 15.0 Å². The molecule has 3 heteroatoms. The van der Waals surface area contributed by atoms with Crippen LogP contribution in [0.4, 0.5) is 5.69 Å². The van der Waals surface area contributed by atoms with Crippen molar-refractivity contribution in [3.05, 3.63) is 29.8 Å². The summed E-state index contributed by atoms with van der Waals surface area (Å²) in [7, 11) is 1.75. The second kappa shape index (κ2) is 6.21. The number of methoxy groups -OCH3 is 1. The molecule has 100 valence electrons. The molecule has 2 unspecified atom stereocenters. The third-order valence-electron chi connectivity index (χ3n) is 3.61. The lowest BCUT2D eigenvalue weighted by Crippen LogP contribution is -2.39. The Hall–Kier alpha value is -1.06. The van der Waals surface area contributed by atoms with Crippen molar-refractivity contribution in [1.29, 1.82) is 0 Å². The zero-order chi connectivity index (χ0) is 13.0. The van der Waals surface area contributed by atoms with Gasteiger partial charge in [-0.2, -0.15) is 0 Å². The van der Waals surface area contributed by atoms with Crippen LogP contribution in [0.25, 0.3) is 0 Å². The van der Waals surface area contributed by atoms with E-state index in [-0.39, 0.29) is 0 Å². The van der Waals surface area contributed by atoms with E-state index in [1.54, 1.807) is 7.11 Å². The van der Waals surface area contributed by atoms with E-state index in [0.29, 0.717) is 12.1 Å². The van der Waals surface area contributed by atoms with E-state index >= 15 is 0 Å². The van der Waals surface area contributed by atoms with Gasteiger partial charge in [-0.25, -0.2) is 0 Å². The molecule has 1 aliphatic rings. The van der Waals surface area contributed by atoms with Gasteiger partial charge in [0.1, 0.15) is 0 Å². The summed E-state index contributed by atoms with van der Waals surface area (Å²) in [5, 5.41) is 3.50. The Kier molecular flexibility index (Phi) is 4.61. The molecule has 1 aliphatic heterocycles. The molecule has 0 saturated carbocycles. The average molecular weight is 248 g/mol. The van der Waals surface area contributed by atoms with Gasteiger partial charge in [0, 0.05) is 38.0 Å². The van der Waals surface area contributed by atoms with Crippen molar-refractivity contribution in [3.8, 4) is 0 Å². The maximum Gasteiger partial charge on any atom is 0.0613 e. The van der Waals surface area contributed by atoms with Gasteiger partial charge in [0.25, 0.3) is 0 Å². The summed E-state index contributed by atoms with van der Waals surface area (Å²) in [6, 6.07) is 9.77. The molecule has 2 atom stereocenters. The lowest BCUT2D eigenvalue weighted by atomic mass is 10.1. The molecule has 2 rings (SSSR count). The van der Waals surface area contributed by atoms with Crippen molar-refractivity contribution in [3.63, 3.8) is 0 Å². The molecule has 1 N–H and O–H groups in total. The molecule has 1 aromatic carbocycles. The minimum atomic E-state index is 0.420. The summed E-state index contributed by atoms with van der Waals surface area (Å²) in [6.07, 6.45) is 1.17. The molecule has 0 fully saturated rings. The van der Waals surface area contributed by atoms with Crippen molar-refractivity contribution in [2.24, 2.45) is 0 Å². The number of hydrogen-bond acceptors (Lipinski definition) is 3. The number of ether oxygens (including phenoxy) is 1. The second-order valence-electron chi connectivity index (χ2n) is 5.19. The molecule has 18 heavy (non-hydrogen) atoms. The first-order valence-corrected chi connectivity index (χ1v) is 6.79. The predicted octanol–water partition coefficient (Wildman–Crippen LogP) is 2.06. The monoisotopic (exact) mass is 248 g/mol. The number of rotatable bonds is 6. The van der Waals surface area contributed by atoms with Gasteiger partial charge in [0.05, 0.1) is 6.61 Å². The Bertz CT molecular complexity index is 381. The zero-order valence-electron chi connectivity index (χ0n) is 11.6. The summed E-state index contributed by atoms with van der Waals surface area (Å²) in [4.78, 5) is 2.50. The van der Waals surface area contributed by atoms with Crippen LogP contribution in [-0.2, 0) is 11.2 Å². The molecule has 1 aromatic rings. The quantitative estimate of drug-likeness (QED) is 0.834.